The van der Waals surface area contributed by atoms with E-state index >= 15 is 0 Å². The van der Waals surface area contributed by atoms with Gasteiger partial charge in [-0.25, -0.2) is 4.39 Å². The van der Waals surface area contributed by atoms with E-state index in [-0.39, 0.29) is 5.82 Å². The average molecular weight is 352 g/mol. The summed E-state index contributed by atoms with van der Waals surface area (Å²) >= 11 is 0. The van der Waals surface area contributed by atoms with Crippen LogP contribution in [0.5, 0.6) is 5.75 Å². The second-order valence-electron chi connectivity index (χ2n) is 8.11. The van der Waals surface area contributed by atoms with Gasteiger partial charge in [0, 0.05) is 31.1 Å². The largest absolute Gasteiger partial charge is 0.508 e. The smallest absolute Gasteiger partial charge is 0.123 e. The molecule has 4 saturated heterocycles. The van der Waals surface area contributed by atoms with Crippen molar-refractivity contribution in [1.29, 1.82) is 0 Å². The molecule has 4 aliphatic rings. The highest BCUT2D eigenvalue weighted by molar-refractivity contribution is 5.29. The van der Waals surface area contributed by atoms with Crippen molar-refractivity contribution in [1.82, 2.24) is 9.80 Å². The van der Waals surface area contributed by atoms with Gasteiger partial charge in [0.1, 0.15) is 11.6 Å². The van der Waals surface area contributed by atoms with E-state index in [0.29, 0.717) is 23.8 Å². The molecule has 2 bridgehead atoms. The van der Waals surface area contributed by atoms with E-state index < -0.39 is 0 Å². The molecule has 1 N–H and O–H groups in total. The minimum atomic E-state index is -0.158. The SMILES string of the molecule is Oc1ccc(CN2C[C@H](c3ccc(F)cc3)[C@H]3[C@@H]2C2CCN3CC2)cc1. The van der Waals surface area contributed by atoms with Crippen LogP contribution in [0.15, 0.2) is 48.5 Å². The van der Waals surface area contributed by atoms with Crippen molar-refractivity contribution in [3.63, 3.8) is 0 Å². The van der Waals surface area contributed by atoms with Gasteiger partial charge in [0.15, 0.2) is 0 Å². The van der Waals surface area contributed by atoms with E-state index in [1.807, 2.05) is 24.3 Å². The Balaban J connectivity index is 1.46. The Morgan fingerprint density at radius 1 is 0.923 bits per heavy atom. The fourth-order valence-electron chi connectivity index (χ4n) is 5.56. The van der Waals surface area contributed by atoms with Crippen LogP contribution in [-0.2, 0) is 6.54 Å². The molecule has 0 amide bonds. The van der Waals surface area contributed by atoms with Crippen LogP contribution in [0.2, 0.25) is 0 Å². The van der Waals surface area contributed by atoms with Crippen LogP contribution >= 0.6 is 0 Å². The second-order valence-corrected chi connectivity index (χ2v) is 8.11. The van der Waals surface area contributed by atoms with Gasteiger partial charge in [0.05, 0.1) is 0 Å². The van der Waals surface area contributed by atoms with Gasteiger partial charge in [0.2, 0.25) is 0 Å². The molecule has 0 aliphatic carbocycles. The first-order valence-electron chi connectivity index (χ1n) is 9.70. The summed E-state index contributed by atoms with van der Waals surface area (Å²) in [4.78, 5) is 5.32. The number of benzene rings is 2. The lowest BCUT2D eigenvalue weighted by Crippen LogP contribution is -2.59. The lowest BCUT2D eigenvalue weighted by molar-refractivity contribution is -0.00869. The molecule has 2 aromatic rings. The van der Waals surface area contributed by atoms with E-state index in [1.165, 1.54) is 37.1 Å². The quantitative estimate of drug-likeness (QED) is 0.914. The molecule has 0 spiro atoms. The highest BCUT2D eigenvalue weighted by Gasteiger charge is 2.53. The van der Waals surface area contributed by atoms with Gasteiger partial charge in [-0.2, -0.15) is 0 Å². The molecule has 3 nitrogen and oxygen atoms in total. The van der Waals surface area contributed by atoms with Crippen LogP contribution in [0.4, 0.5) is 4.39 Å². The van der Waals surface area contributed by atoms with Gasteiger partial charge in [-0.05, 0) is 67.2 Å². The van der Waals surface area contributed by atoms with Crippen molar-refractivity contribution in [2.75, 3.05) is 19.6 Å². The van der Waals surface area contributed by atoms with Crippen LogP contribution in [0.3, 0.4) is 0 Å². The van der Waals surface area contributed by atoms with E-state index in [4.69, 9.17) is 0 Å². The fraction of sp³-hybridized carbons (Fsp3) is 0.455. The number of likely N-dealkylation sites (tertiary alicyclic amines) is 1. The number of rotatable bonds is 3. The van der Waals surface area contributed by atoms with Crippen molar-refractivity contribution >= 4 is 0 Å². The third-order valence-corrected chi connectivity index (χ3v) is 6.71. The van der Waals surface area contributed by atoms with Gasteiger partial charge in [-0.3, -0.25) is 9.80 Å². The van der Waals surface area contributed by atoms with Crippen LogP contribution in [0.25, 0.3) is 0 Å². The summed E-state index contributed by atoms with van der Waals surface area (Å²) < 4.78 is 13.4. The first-order chi connectivity index (χ1) is 12.7. The monoisotopic (exact) mass is 352 g/mol. The number of phenols is 1. The predicted molar refractivity (Wildman–Crippen MR) is 99.5 cm³/mol. The summed E-state index contributed by atoms with van der Waals surface area (Å²) in [5.41, 5.74) is 2.51. The Hall–Kier alpha value is -1.91. The highest BCUT2D eigenvalue weighted by atomic mass is 19.1. The minimum Gasteiger partial charge on any atom is -0.508 e. The van der Waals surface area contributed by atoms with Crippen molar-refractivity contribution in [2.45, 2.75) is 37.4 Å². The van der Waals surface area contributed by atoms with Crippen molar-refractivity contribution in [3.05, 3.63) is 65.5 Å². The normalized spacial score (nSPS) is 33.3. The second kappa shape index (κ2) is 6.36. The molecule has 0 saturated carbocycles. The maximum atomic E-state index is 13.4. The summed E-state index contributed by atoms with van der Waals surface area (Å²) in [7, 11) is 0. The van der Waals surface area contributed by atoms with E-state index in [9.17, 15) is 9.50 Å². The number of halogens is 1. The number of hydrogen-bond acceptors (Lipinski definition) is 3. The molecule has 136 valence electrons. The van der Waals surface area contributed by atoms with Gasteiger partial charge in [0.25, 0.3) is 0 Å². The Morgan fingerprint density at radius 3 is 2.31 bits per heavy atom. The van der Waals surface area contributed by atoms with Gasteiger partial charge in [-0.1, -0.05) is 24.3 Å². The molecule has 6 rings (SSSR count). The number of nitrogens with zero attached hydrogens (tertiary/aromatic N) is 2. The maximum Gasteiger partial charge on any atom is 0.123 e. The Kier molecular flexibility index (Phi) is 3.98. The zero-order valence-corrected chi connectivity index (χ0v) is 14.9. The third kappa shape index (κ3) is 2.72. The first kappa shape index (κ1) is 16.3. The van der Waals surface area contributed by atoms with Crippen LogP contribution in [0, 0.1) is 11.7 Å². The molecule has 4 aliphatic heterocycles. The molecular formula is C22H25FN2O. The topological polar surface area (TPSA) is 26.7 Å². The molecule has 0 aromatic heterocycles. The summed E-state index contributed by atoms with van der Waals surface area (Å²) in [5, 5.41) is 9.55. The zero-order chi connectivity index (χ0) is 17.7. The molecule has 4 heterocycles. The van der Waals surface area contributed by atoms with Crippen molar-refractivity contribution < 1.29 is 9.50 Å². The van der Waals surface area contributed by atoms with E-state index in [0.717, 1.165) is 19.0 Å². The Bertz CT molecular complexity index is 768. The number of aromatic hydroxyl groups is 1. The summed E-state index contributed by atoms with van der Waals surface area (Å²) in [6, 6.07) is 15.9. The number of fused-ring (bicyclic) bond motifs is 2. The molecule has 0 radical (unpaired) electrons. The summed E-state index contributed by atoms with van der Waals surface area (Å²) in [6.45, 7) is 4.35. The maximum absolute atomic E-state index is 13.4. The molecule has 4 heteroatoms. The summed E-state index contributed by atoms with van der Waals surface area (Å²) in [6.07, 6.45) is 2.59. The fourth-order valence-corrected chi connectivity index (χ4v) is 5.56. The van der Waals surface area contributed by atoms with Crippen LogP contribution in [-0.4, -0.2) is 46.6 Å². The van der Waals surface area contributed by atoms with E-state index in [2.05, 4.69) is 9.80 Å². The van der Waals surface area contributed by atoms with Crippen molar-refractivity contribution in [2.24, 2.45) is 5.92 Å². The number of phenolic OH excluding ortho intramolecular Hbond substituents is 1. The van der Waals surface area contributed by atoms with Gasteiger partial charge < -0.3 is 5.11 Å². The molecular weight excluding hydrogens is 327 g/mol. The summed E-state index contributed by atoms with van der Waals surface area (Å²) in [5.74, 6) is 1.38. The molecule has 26 heavy (non-hydrogen) atoms. The van der Waals surface area contributed by atoms with Gasteiger partial charge >= 0.3 is 0 Å². The number of piperidine rings is 3. The van der Waals surface area contributed by atoms with Crippen molar-refractivity contribution in [3.8, 4) is 5.75 Å². The lowest BCUT2D eigenvalue weighted by Gasteiger charge is -2.51. The minimum absolute atomic E-state index is 0.158. The Morgan fingerprint density at radius 2 is 1.62 bits per heavy atom. The molecule has 0 unspecified atom stereocenters. The van der Waals surface area contributed by atoms with Crippen LogP contribution in [0.1, 0.15) is 29.9 Å². The average Bonchev–Trinajstić information content (AvgIpc) is 3.07. The molecule has 3 atom stereocenters. The zero-order valence-electron chi connectivity index (χ0n) is 14.9. The predicted octanol–water partition coefficient (Wildman–Crippen LogP) is 3.59. The Labute approximate surface area is 154 Å². The third-order valence-electron chi connectivity index (χ3n) is 6.71. The standard InChI is InChI=1S/C22H25FN2O/c23-18-5-3-16(4-6-18)20-14-25(13-15-1-7-19(26)8-2-15)21-17-9-11-24(12-10-17)22(20)21/h1-8,17,20-22,26H,9-14H2/t20-,21+,22+/m1/s1. The molecule has 4 fully saturated rings. The number of hydrogen-bond donors (Lipinski definition) is 1. The van der Waals surface area contributed by atoms with E-state index in [1.54, 1.807) is 24.3 Å². The molecule has 2 aromatic carbocycles. The first-order valence-corrected chi connectivity index (χ1v) is 9.70. The van der Waals surface area contributed by atoms with Gasteiger partial charge in [-0.15, -0.1) is 0 Å². The highest BCUT2D eigenvalue weighted by Crippen LogP contribution is 2.47. The van der Waals surface area contributed by atoms with Crippen LogP contribution < -0.4 is 0 Å². The lowest BCUT2D eigenvalue weighted by atomic mass is 9.75.